The van der Waals surface area contributed by atoms with Crippen LogP contribution in [0.1, 0.15) is 49.1 Å². The second kappa shape index (κ2) is 7.02. The van der Waals surface area contributed by atoms with Crippen molar-refractivity contribution in [2.45, 2.75) is 57.5 Å². The van der Waals surface area contributed by atoms with Gasteiger partial charge in [0.1, 0.15) is 6.04 Å². The van der Waals surface area contributed by atoms with Gasteiger partial charge in [-0.05, 0) is 37.7 Å². The molecule has 8 nitrogen and oxygen atoms in total. The third-order valence-corrected chi connectivity index (χ3v) is 4.71. The highest BCUT2D eigenvalue weighted by Gasteiger charge is 2.30. The topological polar surface area (TPSA) is 107 Å². The fraction of sp³-hybridized carbons (Fsp3) is 0.625. The second-order valence-electron chi connectivity index (χ2n) is 6.49. The van der Waals surface area contributed by atoms with Gasteiger partial charge in [-0.1, -0.05) is 6.42 Å². The zero-order valence-electron chi connectivity index (χ0n) is 13.9. The number of nitrogens with zero attached hydrogens (tertiary/aromatic N) is 2. The maximum absolute atomic E-state index is 12.3. The Kier molecular flexibility index (Phi) is 4.82. The Morgan fingerprint density at radius 2 is 2.04 bits per heavy atom. The van der Waals surface area contributed by atoms with Crippen LogP contribution in [0.5, 0.6) is 0 Å². The maximum Gasteiger partial charge on any atom is 0.322 e. The van der Waals surface area contributed by atoms with E-state index in [4.69, 9.17) is 0 Å². The van der Waals surface area contributed by atoms with Gasteiger partial charge in [-0.3, -0.25) is 20.0 Å². The van der Waals surface area contributed by atoms with Crippen molar-refractivity contribution in [3.63, 3.8) is 0 Å². The van der Waals surface area contributed by atoms with Crippen molar-refractivity contribution in [3.05, 3.63) is 17.0 Å². The van der Waals surface area contributed by atoms with E-state index in [9.17, 15) is 14.4 Å². The summed E-state index contributed by atoms with van der Waals surface area (Å²) in [7, 11) is 1.74. The summed E-state index contributed by atoms with van der Waals surface area (Å²) in [4.78, 5) is 36.5. The number of rotatable bonds is 5. The SMILES string of the molecule is CN(Cc1n[nH]c2c1CCCCC2)C(=O)CC[C@@H]1NC(=O)NC1=O. The number of hydrogen-bond acceptors (Lipinski definition) is 4. The molecule has 4 amide bonds. The summed E-state index contributed by atoms with van der Waals surface area (Å²) in [6.45, 7) is 0.466. The van der Waals surface area contributed by atoms with Gasteiger partial charge in [0.25, 0.3) is 5.91 Å². The fourth-order valence-electron chi connectivity index (χ4n) is 3.29. The van der Waals surface area contributed by atoms with Gasteiger partial charge < -0.3 is 10.2 Å². The largest absolute Gasteiger partial charge is 0.340 e. The zero-order chi connectivity index (χ0) is 17.1. The molecule has 0 spiro atoms. The predicted molar refractivity (Wildman–Crippen MR) is 86.0 cm³/mol. The lowest BCUT2D eigenvalue weighted by molar-refractivity contribution is -0.130. The molecular weight excluding hydrogens is 310 g/mol. The molecule has 1 fully saturated rings. The van der Waals surface area contributed by atoms with Crippen LogP contribution in [-0.2, 0) is 29.0 Å². The van der Waals surface area contributed by atoms with E-state index in [-0.39, 0.29) is 18.2 Å². The van der Waals surface area contributed by atoms with Gasteiger partial charge in [0.2, 0.25) is 5.91 Å². The number of aromatic amines is 1. The minimum atomic E-state index is -0.614. The van der Waals surface area contributed by atoms with Gasteiger partial charge in [0, 0.05) is 19.2 Å². The highest BCUT2D eigenvalue weighted by molar-refractivity contribution is 6.04. The Balaban J connectivity index is 1.54. The monoisotopic (exact) mass is 333 g/mol. The van der Waals surface area contributed by atoms with Gasteiger partial charge >= 0.3 is 6.03 Å². The molecule has 3 rings (SSSR count). The number of aryl methyl sites for hydroxylation is 1. The molecule has 1 aliphatic heterocycles. The number of amides is 4. The van der Waals surface area contributed by atoms with Gasteiger partial charge in [-0.25, -0.2) is 4.79 Å². The Morgan fingerprint density at radius 3 is 2.79 bits per heavy atom. The number of imide groups is 1. The smallest absolute Gasteiger partial charge is 0.322 e. The zero-order valence-corrected chi connectivity index (χ0v) is 13.9. The van der Waals surface area contributed by atoms with Crippen molar-refractivity contribution in [1.82, 2.24) is 25.7 Å². The first-order valence-corrected chi connectivity index (χ1v) is 8.45. The van der Waals surface area contributed by atoms with Crippen LogP contribution in [0.3, 0.4) is 0 Å². The number of aromatic nitrogens is 2. The molecule has 1 aromatic rings. The van der Waals surface area contributed by atoms with E-state index in [0.29, 0.717) is 13.0 Å². The summed E-state index contributed by atoms with van der Waals surface area (Å²) < 4.78 is 0. The molecule has 1 aliphatic carbocycles. The highest BCUT2D eigenvalue weighted by atomic mass is 16.2. The summed E-state index contributed by atoms with van der Waals surface area (Å²) in [5.74, 6) is -0.428. The summed E-state index contributed by atoms with van der Waals surface area (Å²) >= 11 is 0. The minimum absolute atomic E-state index is 0.0608. The maximum atomic E-state index is 12.3. The summed E-state index contributed by atoms with van der Waals surface area (Å²) in [5, 5.41) is 12.2. The molecule has 1 aromatic heterocycles. The first kappa shape index (κ1) is 16.5. The van der Waals surface area contributed by atoms with Crippen LogP contribution >= 0.6 is 0 Å². The molecule has 24 heavy (non-hydrogen) atoms. The summed E-state index contributed by atoms with van der Waals surface area (Å²) in [5.41, 5.74) is 3.40. The van der Waals surface area contributed by atoms with Gasteiger partial charge in [0.15, 0.2) is 0 Å². The van der Waals surface area contributed by atoms with Crippen molar-refractivity contribution in [3.8, 4) is 0 Å². The molecule has 2 aliphatic rings. The van der Waals surface area contributed by atoms with Crippen molar-refractivity contribution in [2.75, 3.05) is 7.05 Å². The quantitative estimate of drug-likeness (QED) is 0.542. The van der Waals surface area contributed by atoms with E-state index < -0.39 is 12.1 Å². The van der Waals surface area contributed by atoms with Crippen LogP contribution < -0.4 is 10.6 Å². The predicted octanol–water partition coefficient (Wildman–Crippen LogP) is 0.625. The number of H-pyrrole nitrogens is 1. The molecule has 0 saturated carbocycles. The van der Waals surface area contributed by atoms with E-state index in [1.807, 2.05) is 0 Å². The molecule has 8 heteroatoms. The molecular formula is C16H23N5O3. The van der Waals surface area contributed by atoms with E-state index in [1.54, 1.807) is 11.9 Å². The van der Waals surface area contributed by atoms with E-state index in [0.717, 1.165) is 25.0 Å². The molecule has 0 radical (unpaired) electrons. The normalized spacial score (nSPS) is 20.1. The van der Waals surface area contributed by atoms with Crippen LogP contribution in [0.4, 0.5) is 4.79 Å². The molecule has 0 unspecified atom stereocenters. The molecule has 3 N–H and O–H groups in total. The van der Waals surface area contributed by atoms with Gasteiger partial charge in [-0.15, -0.1) is 0 Å². The molecule has 2 heterocycles. The molecule has 0 aromatic carbocycles. The van der Waals surface area contributed by atoms with E-state index in [1.165, 1.54) is 24.1 Å². The Morgan fingerprint density at radius 1 is 1.25 bits per heavy atom. The first-order valence-electron chi connectivity index (χ1n) is 8.45. The Bertz CT molecular complexity index is 654. The molecule has 0 bridgehead atoms. The average Bonchev–Trinajstić information content (AvgIpc) is 2.97. The van der Waals surface area contributed by atoms with Crippen molar-refractivity contribution in [2.24, 2.45) is 0 Å². The van der Waals surface area contributed by atoms with Crippen LogP contribution in [0.15, 0.2) is 0 Å². The number of urea groups is 1. The first-order chi connectivity index (χ1) is 11.5. The van der Waals surface area contributed by atoms with Gasteiger partial charge in [0.05, 0.1) is 12.2 Å². The Labute approximate surface area is 140 Å². The minimum Gasteiger partial charge on any atom is -0.340 e. The fourth-order valence-corrected chi connectivity index (χ4v) is 3.29. The van der Waals surface area contributed by atoms with Crippen molar-refractivity contribution < 1.29 is 14.4 Å². The van der Waals surface area contributed by atoms with Crippen molar-refractivity contribution in [1.29, 1.82) is 0 Å². The lowest BCUT2D eigenvalue weighted by atomic mass is 10.1. The summed E-state index contributed by atoms with van der Waals surface area (Å²) in [6, 6.07) is -1.11. The third-order valence-electron chi connectivity index (χ3n) is 4.71. The van der Waals surface area contributed by atoms with Crippen LogP contribution in [0.25, 0.3) is 0 Å². The van der Waals surface area contributed by atoms with E-state index >= 15 is 0 Å². The Hall–Kier alpha value is -2.38. The molecule has 1 atom stereocenters. The van der Waals surface area contributed by atoms with Gasteiger partial charge in [-0.2, -0.15) is 5.10 Å². The van der Waals surface area contributed by atoms with Crippen molar-refractivity contribution >= 4 is 17.8 Å². The standard InChI is InChI=1S/C16H23N5O3/c1-21(14(22)8-7-12-15(23)18-16(24)17-12)9-13-10-5-3-2-4-6-11(10)19-20-13/h12H,2-9H2,1H3,(H,19,20)(H2,17,18,23,24)/t12-/m0/s1. The second-order valence-corrected chi connectivity index (χ2v) is 6.49. The lowest BCUT2D eigenvalue weighted by Crippen LogP contribution is -2.32. The molecule has 130 valence electrons. The van der Waals surface area contributed by atoms with Crippen LogP contribution in [-0.4, -0.2) is 46.0 Å². The number of hydrogen-bond donors (Lipinski definition) is 3. The van der Waals surface area contributed by atoms with Crippen LogP contribution in [0, 0.1) is 0 Å². The number of nitrogens with one attached hydrogen (secondary N) is 3. The van der Waals surface area contributed by atoms with E-state index in [2.05, 4.69) is 20.8 Å². The lowest BCUT2D eigenvalue weighted by Gasteiger charge is -2.17. The number of fused-ring (bicyclic) bond motifs is 1. The number of carbonyl (C=O) groups excluding carboxylic acids is 3. The average molecular weight is 333 g/mol. The summed E-state index contributed by atoms with van der Waals surface area (Å²) in [6.07, 6.45) is 6.12. The third kappa shape index (κ3) is 3.58. The number of carbonyl (C=O) groups is 3. The highest BCUT2D eigenvalue weighted by Crippen LogP contribution is 2.22. The molecule has 1 saturated heterocycles. The van der Waals surface area contributed by atoms with Crippen LogP contribution in [0.2, 0.25) is 0 Å².